The van der Waals surface area contributed by atoms with E-state index >= 15 is 0 Å². The second kappa shape index (κ2) is 9.40. The molecule has 166 valence electrons. The molecular formula is C25H22N4O3S. The van der Waals surface area contributed by atoms with Crippen molar-refractivity contribution in [3.05, 3.63) is 83.9 Å². The van der Waals surface area contributed by atoms with Gasteiger partial charge in [0.2, 0.25) is 0 Å². The highest BCUT2D eigenvalue weighted by Crippen LogP contribution is 2.31. The van der Waals surface area contributed by atoms with Crippen LogP contribution >= 0.6 is 11.3 Å². The van der Waals surface area contributed by atoms with Gasteiger partial charge in [-0.1, -0.05) is 29.5 Å². The average Bonchev–Trinajstić information content (AvgIpc) is 3.29. The molecule has 1 aliphatic heterocycles. The molecule has 0 spiro atoms. The number of nitrogens with one attached hydrogen (secondary N) is 2. The number of amides is 2. The molecule has 4 aromatic rings. The predicted molar refractivity (Wildman–Crippen MR) is 131 cm³/mol. The van der Waals surface area contributed by atoms with Crippen LogP contribution < -0.4 is 15.5 Å². The first-order valence-electron chi connectivity index (χ1n) is 10.7. The molecule has 0 unspecified atom stereocenters. The number of thiazole rings is 1. The lowest BCUT2D eigenvalue weighted by atomic mass is 10.1. The summed E-state index contributed by atoms with van der Waals surface area (Å²) >= 11 is 1.61. The largest absolute Gasteiger partial charge is 0.378 e. The van der Waals surface area contributed by atoms with Crippen molar-refractivity contribution in [3.8, 4) is 0 Å². The molecular weight excluding hydrogens is 436 g/mol. The van der Waals surface area contributed by atoms with E-state index in [4.69, 9.17) is 9.72 Å². The van der Waals surface area contributed by atoms with Crippen molar-refractivity contribution >= 4 is 49.9 Å². The Morgan fingerprint density at radius 1 is 0.818 bits per heavy atom. The molecule has 1 fully saturated rings. The highest BCUT2D eigenvalue weighted by atomic mass is 32.1. The van der Waals surface area contributed by atoms with Crippen LogP contribution in [0.25, 0.3) is 10.2 Å². The Balaban J connectivity index is 1.24. The first kappa shape index (κ1) is 21.1. The SMILES string of the molecule is O=C(Nc1ccc(C(=O)Nc2ccc3nc(N4CCOCC4)sc3c2)cc1)c1ccccc1. The minimum atomic E-state index is -0.215. The number of fused-ring (bicyclic) bond motifs is 1. The van der Waals surface area contributed by atoms with Crippen molar-refractivity contribution in [1.82, 2.24) is 4.98 Å². The van der Waals surface area contributed by atoms with Crippen LogP contribution in [0.5, 0.6) is 0 Å². The third-order valence-corrected chi connectivity index (χ3v) is 6.44. The highest BCUT2D eigenvalue weighted by molar-refractivity contribution is 7.22. The molecule has 1 aromatic heterocycles. The maximum atomic E-state index is 12.7. The van der Waals surface area contributed by atoms with Crippen molar-refractivity contribution in [2.75, 3.05) is 41.8 Å². The van der Waals surface area contributed by atoms with Gasteiger partial charge in [-0.2, -0.15) is 0 Å². The van der Waals surface area contributed by atoms with E-state index in [2.05, 4.69) is 15.5 Å². The number of hydrogen-bond acceptors (Lipinski definition) is 6. The van der Waals surface area contributed by atoms with Gasteiger partial charge in [0, 0.05) is 35.6 Å². The van der Waals surface area contributed by atoms with Crippen LogP contribution in [0.2, 0.25) is 0 Å². The number of ether oxygens (including phenoxy) is 1. The number of aromatic nitrogens is 1. The van der Waals surface area contributed by atoms with Gasteiger partial charge in [-0.05, 0) is 54.6 Å². The fourth-order valence-electron chi connectivity index (χ4n) is 3.58. The Morgan fingerprint density at radius 2 is 1.45 bits per heavy atom. The van der Waals surface area contributed by atoms with Gasteiger partial charge < -0.3 is 20.3 Å². The van der Waals surface area contributed by atoms with E-state index in [0.717, 1.165) is 28.4 Å². The van der Waals surface area contributed by atoms with Crippen LogP contribution in [-0.2, 0) is 4.74 Å². The number of rotatable bonds is 5. The number of morpholine rings is 1. The van der Waals surface area contributed by atoms with Crippen LogP contribution in [0.3, 0.4) is 0 Å². The molecule has 0 bridgehead atoms. The highest BCUT2D eigenvalue weighted by Gasteiger charge is 2.16. The zero-order valence-corrected chi connectivity index (χ0v) is 18.6. The Bertz CT molecular complexity index is 1280. The molecule has 2 amide bonds. The molecule has 0 saturated carbocycles. The van der Waals surface area contributed by atoms with Gasteiger partial charge >= 0.3 is 0 Å². The molecule has 5 rings (SSSR count). The smallest absolute Gasteiger partial charge is 0.255 e. The normalized spacial score (nSPS) is 13.6. The molecule has 0 aliphatic carbocycles. The topological polar surface area (TPSA) is 83.6 Å². The summed E-state index contributed by atoms with van der Waals surface area (Å²) in [5.74, 6) is -0.407. The van der Waals surface area contributed by atoms with E-state index in [1.807, 2.05) is 36.4 Å². The van der Waals surface area contributed by atoms with Gasteiger partial charge in [0.1, 0.15) is 0 Å². The van der Waals surface area contributed by atoms with Crippen LogP contribution in [0.4, 0.5) is 16.5 Å². The van der Waals surface area contributed by atoms with Gasteiger partial charge in [-0.3, -0.25) is 9.59 Å². The minimum absolute atomic E-state index is 0.192. The van der Waals surface area contributed by atoms with E-state index in [1.165, 1.54) is 0 Å². The molecule has 0 atom stereocenters. The summed E-state index contributed by atoms with van der Waals surface area (Å²) in [4.78, 5) is 31.9. The van der Waals surface area contributed by atoms with E-state index in [9.17, 15) is 9.59 Å². The van der Waals surface area contributed by atoms with Crippen LogP contribution in [0, 0.1) is 0 Å². The third kappa shape index (κ3) is 4.87. The molecule has 7 nitrogen and oxygen atoms in total. The standard InChI is InChI=1S/C25H22N4O3S/c30-23(17-4-2-1-3-5-17)26-19-8-6-18(7-9-19)24(31)27-20-10-11-21-22(16-20)33-25(28-21)29-12-14-32-15-13-29/h1-11,16H,12-15H2,(H,26,30)(H,27,31). The number of benzene rings is 3. The third-order valence-electron chi connectivity index (χ3n) is 5.36. The zero-order chi connectivity index (χ0) is 22.6. The van der Waals surface area contributed by atoms with E-state index in [1.54, 1.807) is 47.7 Å². The van der Waals surface area contributed by atoms with Gasteiger partial charge in [0.15, 0.2) is 5.13 Å². The Morgan fingerprint density at radius 3 is 2.18 bits per heavy atom. The zero-order valence-electron chi connectivity index (χ0n) is 17.8. The number of nitrogens with zero attached hydrogens (tertiary/aromatic N) is 2. The summed E-state index contributed by atoms with van der Waals surface area (Å²) in [7, 11) is 0. The average molecular weight is 459 g/mol. The van der Waals surface area contributed by atoms with E-state index < -0.39 is 0 Å². The summed E-state index contributed by atoms with van der Waals surface area (Å²) in [5.41, 5.74) is 3.34. The van der Waals surface area contributed by atoms with Crippen molar-refractivity contribution in [1.29, 1.82) is 0 Å². The lowest BCUT2D eigenvalue weighted by molar-refractivity contribution is 0.102. The van der Waals surface area contributed by atoms with Crippen molar-refractivity contribution in [2.45, 2.75) is 0 Å². The lowest BCUT2D eigenvalue weighted by Crippen LogP contribution is -2.36. The first-order valence-corrected chi connectivity index (χ1v) is 11.5. The monoisotopic (exact) mass is 458 g/mol. The molecule has 8 heteroatoms. The number of anilines is 3. The maximum Gasteiger partial charge on any atom is 0.255 e. The van der Waals surface area contributed by atoms with Crippen molar-refractivity contribution < 1.29 is 14.3 Å². The fourth-order valence-corrected chi connectivity index (χ4v) is 4.64. The van der Waals surface area contributed by atoms with Crippen LogP contribution in [0.1, 0.15) is 20.7 Å². The summed E-state index contributed by atoms with van der Waals surface area (Å²) in [6, 6.07) is 21.5. The molecule has 0 radical (unpaired) electrons. The van der Waals surface area contributed by atoms with Crippen molar-refractivity contribution in [2.24, 2.45) is 0 Å². The van der Waals surface area contributed by atoms with Gasteiger partial charge in [0.05, 0.1) is 23.4 Å². The molecule has 1 aliphatic rings. The number of carbonyl (C=O) groups excluding carboxylic acids is 2. The lowest BCUT2D eigenvalue weighted by Gasteiger charge is -2.25. The summed E-state index contributed by atoms with van der Waals surface area (Å²) in [6.07, 6.45) is 0. The Kier molecular flexibility index (Phi) is 6.01. The second-order valence-corrected chi connectivity index (χ2v) is 8.64. The van der Waals surface area contributed by atoms with E-state index in [-0.39, 0.29) is 11.8 Å². The van der Waals surface area contributed by atoms with E-state index in [0.29, 0.717) is 35.7 Å². The number of carbonyl (C=O) groups is 2. The summed E-state index contributed by atoms with van der Waals surface area (Å²) in [5, 5.41) is 6.76. The fraction of sp³-hybridized carbons (Fsp3) is 0.160. The van der Waals surface area contributed by atoms with Crippen LogP contribution in [0.15, 0.2) is 72.8 Å². The predicted octanol–water partition coefficient (Wildman–Crippen LogP) is 4.64. The molecule has 3 aromatic carbocycles. The Hall–Kier alpha value is -3.75. The summed E-state index contributed by atoms with van der Waals surface area (Å²) in [6.45, 7) is 3.11. The van der Waals surface area contributed by atoms with Crippen molar-refractivity contribution in [3.63, 3.8) is 0 Å². The Labute approximate surface area is 195 Å². The summed E-state index contributed by atoms with van der Waals surface area (Å²) < 4.78 is 6.44. The van der Waals surface area contributed by atoms with Gasteiger partial charge in [-0.25, -0.2) is 4.98 Å². The minimum Gasteiger partial charge on any atom is -0.378 e. The van der Waals surface area contributed by atoms with Crippen LogP contribution in [-0.4, -0.2) is 43.1 Å². The van der Waals surface area contributed by atoms with Gasteiger partial charge in [-0.15, -0.1) is 0 Å². The molecule has 2 N–H and O–H groups in total. The second-order valence-electron chi connectivity index (χ2n) is 7.63. The number of hydrogen-bond donors (Lipinski definition) is 2. The molecule has 33 heavy (non-hydrogen) atoms. The quantitative estimate of drug-likeness (QED) is 0.455. The maximum absolute atomic E-state index is 12.7. The first-order chi connectivity index (χ1) is 16.2. The molecule has 2 heterocycles. The van der Waals surface area contributed by atoms with Gasteiger partial charge in [0.25, 0.3) is 11.8 Å². The molecule has 1 saturated heterocycles.